The van der Waals surface area contributed by atoms with Gasteiger partial charge in [0.1, 0.15) is 0 Å². The Balaban J connectivity index is 2.13. The third-order valence-corrected chi connectivity index (χ3v) is 2.01. The highest BCUT2D eigenvalue weighted by molar-refractivity contribution is 5.71. The van der Waals surface area contributed by atoms with Crippen LogP contribution in [-0.4, -0.2) is 12.6 Å². The minimum absolute atomic E-state index is 0.0515. The van der Waals surface area contributed by atoms with Crippen molar-refractivity contribution in [1.82, 2.24) is 0 Å². The number of carbonyl (C=O) groups is 1. The molecule has 1 rings (SSSR count). The van der Waals surface area contributed by atoms with Gasteiger partial charge in [0.2, 0.25) is 0 Å². The van der Waals surface area contributed by atoms with Crippen molar-refractivity contribution in [1.29, 1.82) is 0 Å². The van der Waals surface area contributed by atoms with E-state index in [1.54, 1.807) is 0 Å². The van der Waals surface area contributed by atoms with Crippen LogP contribution in [0.25, 0.3) is 0 Å². The fourth-order valence-corrected chi connectivity index (χ4v) is 1.47. The van der Waals surface area contributed by atoms with Crippen molar-refractivity contribution in [3.05, 3.63) is 5.92 Å². The molecule has 0 bridgehead atoms. The highest BCUT2D eigenvalue weighted by Crippen LogP contribution is 2.29. The zero-order valence-electron chi connectivity index (χ0n) is 7.06. The summed E-state index contributed by atoms with van der Waals surface area (Å²) in [5.41, 5.74) is 0. The average Bonchev–Trinajstić information content (AvgIpc) is 2.40. The Morgan fingerprint density at radius 3 is 2.64 bits per heavy atom. The third kappa shape index (κ3) is 2.91. The van der Waals surface area contributed by atoms with E-state index in [9.17, 15) is 4.79 Å². The predicted molar refractivity (Wildman–Crippen MR) is 43.0 cm³/mol. The van der Waals surface area contributed by atoms with Gasteiger partial charge in [-0.15, -0.1) is 0 Å². The van der Waals surface area contributed by atoms with Gasteiger partial charge >= 0.3 is 5.97 Å². The molecule has 0 amide bonds. The van der Waals surface area contributed by atoms with Crippen molar-refractivity contribution < 1.29 is 9.53 Å². The summed E-state index contributed by atoms with van der Waals surface area (Å²) in [4.78, 5) is 11.0. The molecule has 11 heavy (non-hydrogen) atoms. The van der Waals surface area contributed by atoms with Crippen molar-refractivity contribution in [2.45, 2.75) is 39.0 Å². The number of carbonyl (C=O) groups excluding carboxylic acids is 1. The molecule has 1 aliphatic rings. The van der Waals surface area contributed by atoms with E-state index in [1.165, 1.54) is 18.8 Å². The van der Waals surface area contributed by atoms with Crippen molar-refractivity contribution in [3.8, 4) is 0 Å². The van der Waals surface area contributed by atoms with Gasteiger partial charge in [0.25, 0.3) is 0 Å². The van der Waals surface area contributed by atoms with Gasteiger partial charge in [0.05, 0.1) is 13.0 Å². The van der Waals surface area contributed by atoms with Gasteiger partial charge < -0.3 is 4.74 Å². The SMILES string of the molecule is CCOC(=O)C[C]1CCCC1. The van der Waals surface area contributed by atoms with Gasteiger partial charge in [-0.25, -0.2) is 0 Å². The molecule has 0 aliphatic heterocycles. The molecule has 1 saturated carbocycles. The highest BCUT2D eigenvalue weighted by atomic mass is 16.5. The number of ether oxygens (including phenoxy) is 1. The summed E-state index contributed by atoms with van der Waals surface area (Å²) in [6, 6.07) is 0. The molecule has 0 heterocycles. The quantitative estimate of drug-likeness (QED) is 0.583. The number of rotatable bonds is 3. The predicted octanol–water partition coefficient (Wildman–Crippen LogP) is 2.09. The number of esters is 1. The van der Waals surface area contributed by atoms with Crippen LogP contribution in [0, 0.1) is 5.92 Å². The Kier molecular flexibility index (Phi) is 3.40. The summed E-state index contributed by atoms with van der Waals surface area (Å²) >= 11 is 0. The molecule has 0 saturated heterocycles. The van der Waals surface area contributed by atoms with Crippen molar-refractivity contribution in [3.63, 3.8) is 0 Å². The van der Waals surface area contributed by atoms with Crippen LogP contribution in [-0.2, 0) is 9.53 Å². The largest absolute Gasteiger partial charge is 0.466 e. The molecule has 2 heteroatoms. The maximum absolute atomic E-state index is 11.0. The summed E-state index contributed by atoms with van der Waals surface area (Å²) in [6.07, 6.45) is 5.36. The van der Waals surface area contributed by atoms with Crippen molar-refractivity contribution in [2.75, 3.05) is 6.61 Å². The van der Waals surface area contributed by atoms with E-state index >= 15 is 0 Å². The molecule has 2 nitrogen and oxygen atoms in total. The lowest BCUT2D eigenvalue weighted by atomic mass is 10.1. The van der Waals surface area contributed by atoms with E-state index < -0.39 is 0 Å². The van der Waals surface area contributed by atoms with E-state index in [0.717, 1.165) is 12.8 Å². The summed E-state index contributed by atoms with van der Waals surface area (Å²) in [5, 5.41) is 0. The second kappa shape index (κ2) is 4.37. The zero-order valence-corrected chi connectivity index (χ0v) is 7.06. The molecule has 63 valence electrons. The lowest BCUT2D eigenvalue weighted by molar-refractivity contribution is -0.142. The van der Waals surface area contributed by atoms with E-state index in [1.807, 2.05) is 6.92 Å². The third-order valence-electron chi connectivity index (χ3n) is 2.01. The minimum Gasteiger partial charge on any atom is -0.466 e. The van der Waals surface area contributed by atoms with Gasteiger partial charge in [-0.3, -0.25) is 4.79 Å². The van der Waals surface area contributed by atoms with Crippen LogP contribution < -0.4 is 0 Å². The fraction of sp³-hybridized carbons (Fsp3) is 0.778. The van der Waals surface area contributed by atoms with Gasteiger partial charge in [-0.05, 0) is 25.7 Å². The highest BCUT2D eigenvalue weighted by Gasteiger charge is 2.19. The summed E-state index contributed by atoms with van der Waals surface area (Å²) in [7, 11) is 0. The lowest BCUT2D eigenvalue weighted by Gasteiger charge is -2.06. The Morgan fingerprint density at radius 2 is 2.09 bits per heavy atom. The van der Waals surface area contributed by atoms with Crippen LogP contribution in [0.1, 0.15) is 39.0 Å². The molecule has 0 aromatic heterocycles. The first-order valence-electron chi connectivity index (χ1n) is 4.32. The fourth-order valence-electron chi connectivity index (χ4n) is 1.47. The molecular weight excluding hydrogens is 140 g/mol. The molecule has 1 aliphatic carbocycles. The van der Waals surface area contributed by atoms with Gasteiger partial charge in [0, 0.05) is 0 Å². The molecule has 0 N–H and O–H groups in total. The van der Waals surface area contributed by atoms with Crippen LogP contribution in [0.3, 0.4) is 0 Å². The molecule has 0 spiro atoms. The van der Waals surface area contributed by atoms with E-state index in [4.69, 9.17) is 4.74 Å². The van der Waals surface area contributed by atoms with Crippen molar-refractivity contribution >= 4 is 5.97 Å². The zero-order chi connectivity index (χ0) is 8.10. The van der Waals surface area contributed by atoms with Crippen LogP contribution >= 0.6 is 0 Å². The Bertz CT molecular complexity index is 126. The van der Waals surface area contributed by atoms with E-state index in [-0.39, 0.29) is 5.97 Å². The molecule has 1 fully saturated rings. The first-order chi connectivity index (χ1) is 5.33. The van der Waals surface area contributed by atoms with Crippen molar-refractivity contribution in [2.24, 2.45) is 0 Å². The number of hydrogen-bond acceptors (Lipinski definition) is 2. The lowest BCUT2D eigenvalue weighted by Crippen LogP contribution is -2.07. The molecule has 0 aromatic carbocycles. The second-order valence-electron chi connectivity index (χ2n) is 2.94. The van der Waals surface area contributed by atoms with Gasteiger partial charge in [-0.1, -0.05) is 12.8 Å². The standard InChI is InChI=1S/C9H15O2/c1-2-11-9(10)7-8-5-3-4-6-8/h2-7H2,1H3. The Morgan fingerprint density at radius 1 is 1.45 bits per heavy atom. The monoisotopic (exact) mass is 155 g/mol. The first kappa shape index (κ1) is 8.57. The van der Waals surface area contributed by atoms with E-state index in [2.05, 4.69) is 0 Å². The smallest absolute Gasteiger partial charge is 0.306 e. The maximum atomic E-state index is 11.0. The Hall–Kier alpha value is -0.530. The topological polar surface area (TPSA) is 26.3 Å². The molecular formula is C9H15O2. The summed E-state index contributed by atoms with van der Waals surface area (Å²) in [5.74, 6) is 1.33. The Labute approximate surface area is 67.9 Å². The number of hydrogen-bond donors (Lipinski definition) is 0. The van der Waals surface area contributed by atoms with Crippen LogP contribution in [0.4, 0.5) is 0 Å². The van der Waals surface area contributed by atoms with Crippen LogP contribution in [0.5, 0.6) is 0 Å². The van der Waals surface area contributed by atoms with E-state index in [0.29, 0.717) is 13.0 Å². The molecule has 0 unspecified atom stereocenters. The van der Waals surface area contributed by atoms with Gasteiger partial charge in [0.15, 0.2) is 0 Å². The molecule has 0 aromatic rings. The summed E-state index contributed by atoms with van der Waals surface area (Å²) < 4.78 is 4.84. The summed E-state index contributed by atoms with van der Waals surface area (Å²) in [6.45, 7) is 2.35. The molecule has 0 atom stereocenters. The van der Waals surface area contributed by atoms with Crippen LogP contribution in [0.15, 0.2) is 0 Å². The second-order valence-corrected chi connectivity index (χ2v) is 2.94. The normalized spacial score (nSPS) is 18.6. The van der Waals surface area contributed by atoms with Crippen LogP contribution in [0.2, 0.25) is 0 Å². The average molecular weight is 155 g/mol. The van der Waals surface area contributed by atoms with Gasteiger partial charge in [-0.2, -0.15) is 0 Å². The maximum Gasteiger partial charge on any atom is 0.306 e. The molecule has 1 radical (unpaired) electrons. The minimum atomic E-state index is -0.0515. The first-order valence-corrected chi connectivity index (χ1v) is 4.32.